The van der Waals surface area contributed by atoms with E-state index in [2.05, 4.69) is 6.58 Å². The number of benzene rings is 2. The Balaban J connectivity index is 1.82. The Labute approximate surface area is 156 Å². The standard InChI is InChI=1S/C21H19FN2O3/c1-2-12-23(19(25)13-15-6-4-3-5-7-15)18-14-20(26)24(21(18)27)17-10-8-16(22)9-11-17/h2-11,18H,1,12-14H2. The highest BCUT2D eigenvalue weighted by atomic mass is 19.1. The summed E-state index contributed by atoms with van der Waals surface area (Å²) in [4.78, 5) is 40.4. The van der Waals surface area contributed by atoms with Gasteiger partial charge in [-0.1, -0.05) is 36.4 Å². The predicted molar refractivity (Wildman–Crippen MR) is 99.4 cm³/mol. The van der Waals surface area contributed by atoms with Gasteiger partial charge in [0.1, 0.15) is 11.9 Å². The number of carbonyl (C=O) groups is 3. The Morgan fingerprint density at radius 1 is 1.15 bits per heavy atom. The Bertz CT molecular complexity index is 865. The number of halogens is 1. The summed E-state index contributed by atoms with van der Waals surface area (Å²) in [5.41, 5.74) is 1.12. The lowest BCUT2D eigenvalue weighted by molar-refractivity contribution is -0.137. The molecule has 0 bridgehead atoms. The first kappa shape index (κ1) is 18.5. The fraction of sp³-hybridized carbons (Fsp3) is 0.190. The monoisotopic (exact) mass is 366 g/mol. The smallest absolute Gasteiger partial charge is 0.257 e. The average molecular weight is 366 g/mol. The van der Waals surface area contributed by atoms with Gasteiger partial charge in [-0.05, 0) is 29.8 Å². The van der Waals surface area contributed by atoms with Crippen LogP contribution in [0.2, 0.25) is 0 Å². The molecule has 1 aliphatic heterocycles. The summed E-state index contributed by atoms with van der Waals surface area (Å²) < 4.78 is 13.1. The molecule has 3 amide bonds. The molecule has 1 unspecified atom stereocenters. The van der Waals surface area contributed by atoms with Gasteiger partial charge < -0.3 is 4.90 Å². The summed E-state index contributed by atoms with van der Waals surface area (Å²) in [6, 6.07) is 13.4. The number of amides is 3. The van der Waals surface area contributed by atoms with Crippen molar-refractivity contribution < 1.29 is 18.8 Å². The summed E-state index contributed by atoms with van der Waals surface area (Å²) >= 11 is 0. The van der Waals surface area contributed by atoms with Gasteiger partial charge in [0.25, 0.3) is 5.91 Å². The third kappa shape index (κ3) is 3.95. The van der Waals surface area contributed by atoms with Crippen molar-refractivity contribution in [3.05, 3.63) is 78.6 Å². The van der Waals surface area contributed by atoms with E-state index in [0.717, 1.165) is 10.5 Å². The number of hydrogen-bond acceptors (Lipinski definition) is 3. The largest absolute Gasteiger partial charge is 0.326 e. The lowest BCUT2D eigenvalue weighted by Crippen LogP contribution is -2.46. The van der Waals surface area contributed by atoms with Crippen LogP contribution in [-0.2, 0) is 20.8 Å². The zero-order valence-electron chi connectivity index (χ0n) is 14.7. The molecule has 1 saturated heterocycles. The van der Waals surface area contributed by atoms with Crippen molar-refractivity contribution >= 4 is 23.4 Å². The van der Waals surface area contributed by atoms with E-state index in [1.54, 1.807) is 0 Å². The normalized spacial score (nSPS) is 16.5. The summed E-state index contributed by atoms with van der Waals surface area (Å²) in [7, 11) is 0. The highest BCUT2D eigenvalue weighted by Gasteiger charge is 2.43. The minimum atomic E-state index is -0.892. The van der Waals surface area contributed by atoms with Crippen LogP contribution in [0, 0.1) is 5.82 Å². The van der Waals surface area contributed by atoms with Gasteiger partial charge >= 0.3 is 0 Å². The number of nitrogens with zero attached hydrogens (tertiary/aromatic N) is 2. The summed E-state index contributed by atoms with van der Waals surface area (Å²) in [6.45, 7) is 3.81. The second-order valence-corrected chi connectivity index (χ2v) is 6.26. The van der Waals surface area contributed by atoms with Crippen LogP contribution in [0.1, 0.15) is 12.0 Å². The van der Waals surface area contributed by atoms with Crippen LogP contribution in [0.5, 0.6) is 0 Å². The Morgan fingerprint density at radius 2 is 1.81 bits per heavy atom. The van der Waals surface area contributed by atoms with E-state index in [1.807, 2.05) is 30.3 Å². The first-order chi connectivity index (χ1) is 13.0. The fourth-order valence-corrected chi connectivity index (χ4v) is 3.13. The van der Waals surface area contributed by atoms with Crippen molar-refractivity contribution in [3.8, 4) is 0 Å². The van der Waals surface area contributed by atoms with E-state index in [-0.39, 0.29) is 25.3 Å². The molecule has 2 aromatic rings. The first-order valence-corrected chi connectivity index (χ1v) is 8.58. The highest BCUT2D eigenvalue weighted by molar-refractivity contribution is 6.23. The molecule has 138 valence electrons. The molecule has 0 radical (unpaired) electrons. The molecule has 5 nitrogen and oxygen atoms in total. The first-order valence-electron chi connectivity index (χ1n) is 8.58. The van der Waals surface area contributed by atoms with Gasteiger partial charge in [0.15, 0.2) is 0 Å². The van der Waals surface area contributed by atoms with Crippen molar-refractivity contribution in [1.82, 2.24) is 4.90 Å². The maximum Gasteiger partial charge on any atom is 0.257 e. The van der Waals surface area contributed by atoms with E-state index < -0.39 is 23.7 Å². The van der Waals surface area contributed by atoms with Gasteiger partial charge in [-0.3, -0.25) is 14.4 Å². The van der Waals surface area contributed by atoms with Crippen molar-refractivity contribution in [2.45, 2.75) is 18.9 Å². The quantitative estimate of drug-likeness (QED) is 0.583. The van der Waals surface area contributed by atoms with Crippen LogP contribution in [-0.4, -0.2) is 35.2 Å². The van der Waals surface area contributed by atoms with Crippen molar-refractivity contribution in [1.29, 1.82) is 0 Å². The van der Waals surface area contributed by atoms with Gasteiger partial charge in [-0.25, -0.2) is 9.29 Å². The molecule has 0 aromatic heterocycles. The summed E-state index contributed by atoms with van der Waals surface area (Å²) in [6.07, 6.45) is 1.55. The molecule has 6 heteroatoms. The maximum atomic E-state index is 13.1. The molecule has 1 heterocycles. The Hall–Kier alpha value is -3.28. The van der Waals surface area contributed by atoms with Gasteiger partial charge in [0.05, 0.1) is 18.5 Å². The van der Waals surface area contributed by atoms with Crippen LogP contribution in [0.3, 0.4) is 0 Å². The minimum Gasteiger partial charge on any atom is -0.326 e. The lowest BCUT2D eigenvalue weighted by atomic mass is 10.1. The topological polar surface area (TPSA) is 57.7 Å². The Kier molecular flexibility index (Phi) is 5.45. The molecule has 1 aliphatic rings. The molecule has 1 fully saturated rings. The third-order valence-corrected chi connectivity index (χ3v) is 4.43. The van der Waals surface area contributed by atoms with Crippen molar-refractivity contribution in [2.75, 3.05) is 11.4 Å². The van der Waals surface area contributed by atoms with Gasteiger partial charge in [0, 0.05) is 6.54 Å². The van der Waals surface area contributed by atoms with E-state index in [0.29, 0.717) is 5.69 Å². The van der Waals surface area contributed by atoms with Crippen LogP contribution in [0.15, 0.2) is 67.3 Å². The van der Waals surface area contributed by atoms with E-state index >= 15 is 0 Å². The Morgan fingerprint density at radius 3 is 2.44 bits per heavy atom. The zero-order chi connectivity index (χ0) is 19.4. The van der Waals surface area contributed by atoms with Crippen LogP contribution in [0.4, 0.5) is 10.1 Å². The molecule has 2 aromatic carbocycles. The summed E-state index contributed by atoms with van der Waals surface area (Å²) in [5, 5.41) is 0. The zero-order valence-corrected chi connectivity index (χ0v) is 14.7. The van der Waals surface area contributed by atoms with Crippen molar-refractivity contribution in [2.24, 2.45) is 0 Å². The van der Waals surface area contributed by atoms with Gasteiger partial charge in [-0.15, -0.1) is 6.58 Å². The van der Waals surface area contributed by atoms with Crippen LogP contribution in [0.25, 0.3) is 0 Å². The molecule has 0 aliphatic carbocycles. The number of anilines is 1. The van der Waals surface area contributed by atoms with Gasteiger partial charge in [-0.2, -0.15) is 0 Å². The highest BCUT2D eigenvalue weighted by Crippen LogP contribution is 2.26. The molecule has 3 rings (SSSR count). The molecule has 0 N–H and O–H groups in total. The number of carbonyl (C=O) groups excluding carboxylic acids is 3. The van der Waals surface area contributed by atoms with E-state index in [4.69, 9.17) is 0 Å². The summed E-state index contributed by atoms with van der Waals surface area (Å²) in [5.74, 6) is -1.62. The van der Waals surface area contributed by atoms with Crippen LogP contribution >= 0.6 is 0 Å². The number of imide groups is 1. The average Bonchev–Trinajstić information content (AvgIpc) is 2.95. The third-order valence-electron chi connectivity index (χ3n) is 4.43. The van der Waals surface area contributed by atoms with E-state index in [1.165, 1.54) is 35.2 Å². The SMILES string of the molecule is C=CCN(C(=O)Cc1ccccc1)C1CC(=O)N(c2ccc(F)cc2)C1=O. The molecule has 27 heavy (non-hydrogen) atoms. The molecular weight excluding hydrogens is 347 g/mol. The molecular formula is C21H19FN2O3. The molecule has 0 spiro atoms. The minimum absolute atomic E-state index is 0.107. The number of rotatable bonds is 6. The van der Waals surface area contributed by atoms with E-state index in [9.17, 15) is 18.8 Å². The predicted octanol–water partition coefficient (Wildman–Crippen LogP) is 2.71. The van der Waals surface area contributed by atoms with Crippen molar-refractivity contribution in [3.63, 3.8) is 0 Å². The fourth-order valence-electron chi connectivity index (χ4n) is 3.13. The molecule has 1 atom stereocenters. The number of hydrogen-bond donors (Lipinski definition) is 0. The second-order valence-electron chi connectivity index (χ2n) is 6.26. The lowest BCUT2D eigenvalue weighted by Gasteiger charge is -2.26. The molecule has 0 saturated carbocycles. The second kappa shape index (κ2) is 7.95. The van der Waals surface area contributed by atoms with Crippen LogP contribution < -0.4 is 4.90 Å². The van der Waals surface area contributed by atoms with Gasteiger partial charge in [0.2, 0.25) is 11.8 Å². The maximum absolute atomic E-state index is 13.1.